The van der Waals surface area contributed by atoms with E-state index >= 15 is 0 Å². The van der Waals surface area contributed by atoms with Crippen LogP contribution in [0.3, 0.4) is 0 Å². The summed E-state index contributed by atoms with van der Waals surface area (Å²) in [7, 11) is 0. The van der Waals surface area contributed by atoms with Gasteiger partial charge in [0.1, 0.15) is 0 Å². The fourth-order valence-electron chi connectivity index (χ4n) is 2.12. The highest BCUT2D eigenvalue weighted by Gasteiger charge is 2.15. The molecule has 1 unspecified atom stereocenters. The molecule has 3 nitrogen and oxygen atoms in total. The second-order valence-corrected chi connectivity index (χ2v) is 4.49. The van der Waals surface area contributed by atoms with Gasteiger partial charge in [-0.1, -0.05) is 31.0 Å². The van der Waals surface area contributed by atoms with Crippen LogP contribution in [0.2, 0.25) is 5.02 Å². The van der Waals surface area contributed by atoms with Gasteiger partial charge in [0.2, 0.25) is 5.95 Å². The van der Waals surface area contributed by atoms with Crippen LogP contribution >= 0.6 is 11.6 Å². The zero-order valence-electron chi connectivity index (χ0n) is 9.57. The Balaban J connectivity index is 2.63. The molecule has 2 N–H and O–H groups in total. The summed E-state index contributed by atoms with van der Waals surface area (Å²) in [5.74, 6) is 0.545. The molecule has 1 atom stereocenters. The largest absolute Gasteiger partial charge is 0.369 e. The topological polar surface area (TPSA) is 43.8 Å². The monoisotopic (exact) mass is 237 g/mol. The smallest absolute Gasteiger partial charge is 0.201 e. The van der Waals surface area contributed by atoms with E-state index in [0.717, 1.165) is 23.9 Å². The van der Waals surface area contributed by atoms with Gasteiger partial charge in [0.25, 0.3) is 0 Å². The van der Waals surface area contributed by atoms with E-state index < -0.39 is 0 Å². The van der Waals surface area contributed by atoms with Crippen molar-refractivity contribution in [3.63, 3.8) is 0 Å². The maximum absolute atomic E-state index is 6.20. The molecule has 2 rings (SSSR count). The van der Waals surface area contributed by atoms with Gasteiger partial charge in [0.15, 0.2) is 0 Å². The van der Waals surface area contributed by atoms with Crippen LogP contribution in [0.1, 0.15) is 32.7 Å². The van der Waals surface area contributed by atoms with Crippen LogP contribution in [0.5, 0.6) is 0 Å². The van der Waals surface area contributed by atoms with E-state index in [-0.39, 0.29) is 0 Å². The third-order valence-corrected chi connectivity index (χ3v) is 3.14. The van der Waals surface area contributed by atoms with Crippen molar-refractivity contribution >= 4 is 28.6 Å². The van der Waals surface area contributed by atoms with Crippen molar-refractivity contribution in [1.82, 2.24) is 9.55 Å². The molecule has 2 aromatic rings. The SMILES string of the molecule is CCCC(C)n1c(N)nc2cccc(Cl)c21. The van der Waals surface area contributed by atoms with Crippen molar-refractivity contribution in [2.45, 2.75) is 32.7 Å². The molecule has 0 saturated carbocycles. The number of nitrogens with zero attached hydrogens (tertiary/aromatic N) is 2. The normalized spacial score (nSPS) is 13.2. The number of para-hydroxylation sites is 1. The fourth-order valence-corrected chi connectivity index (χ4v) is 2.38. The summed E-state index contributed by atoms with van der Waals surface area (Å²) in [5, 5.41) is 0.713. The minimum atomic E-state index is 0.329. The first kappa shape index (κ1) is 11.3. The van der Waals surface area contributed by atoms with Crippen molar-refractivity contribution in [2.75, 3.05) is 5.73 Å². The Morgan fingerprint density at radius 3 is 2.94 bits per heavy atom. The second kappa shape index (κ2) is 4.34. The lowest BCUT2D eigenvalue weighted by molar-refractivity contribution is 0.518. The first-order valence-electron chi connectivity index (χ1n) is 5.57. The van der Waals surface area contributed by atoms with Crippen molar-refractivity contribution < 1.29 is 0 Å². The molecule has 1 heterocycles. The molecule has 0 radical (unpaired) electrons. The number of nitrogens with two attached hydrogens (primary N) is 1. The molecular weight excluding hydrogens is 222 g/mol. The molecule has 1 aromatic carbocycles. The average Bonchev–Trinajstić information content (AvgIpc) is 2.56. The van der Waals surface area contributed by atoms with E-state index in [1.54, 1.807) is 0 Å². The molecule has 0 aliphatic carbocycles. The first-order chi connectivity index (χ1) is 7.65. The van der Waals surface area contributed by atoms with E-state index in [4.69, 9.17) is 17.3 Å². The summed E-state index contributed by atoms with van der Waals surface area (Å²) < 4.78 is 2.03. The number of nitrogen functional groups attached to an aromatic ring is 1. The summed E-state index contributed by atoms with van der Waals surface area (Å²) in [6, 6.07) is 6.04. The predicted octanol–water partition coefficient (Wildman–Crippen LogP) is 3.63. The van der Waals surface area contributed by atoms with Gasteiger partial charge in [-0.15, -0.1) is 0 Å². The van der Waals surface area contributed by atoms with Crippen molar-refractivity contribution in [2.24, 2.45) is 0 Å². The van der Waals surface area contributed by atoms with Gasteiger partial charge in [0, 0.05) is 6.04 Å². The van der Waals surface area contributed by atoms with Crippen LogP contribution in [0.25, 0.3) is 11.0 Å². The van der Waals surface area contributed by atoms with Crippen LogP contribution in [-0.4, -0.2) is 9.55 Å². The van der Waals surface area contributed by atoms with Crippen LogP contribution in [0.15, 0.2) is 18.2 Å². The van der Waals surface area contributed by atoms with Gasteiger partial charge in [0.05, 0.1) is 16.1 Å². The molecule has 4 heteroatoms. The van der Waals surface area contributed by atoms with Crippen LogP contribution < -0.4 is 5.73 Å². The number of aromatic nitrogens is 2. The Bertz CT molecular complexity index is 504. The lowest BCUT2D eigenvalue weighted by Crippen LogP contribution is -2.08. The van der Waals surface area contributed by atoms with E-state index in [2.05, 4.69) is 18.8 Å². The van der Waals surface area contributed by atoms with Gasteiger partial charge < -0.3 is 10.3 Å². The van der Waals surface area contributed by atoms with Gasteiger partial charge in [-0.25, -0.2) is 4.98 Å². The summed E-state index contributed by atoms with van der Waals surface area (Å²) in [6.07, 6.45) is 2.19. The number of rotatable bonds is 3. The molecule has 0 amide bonds. The maximum atomic E-state index is 6.20. The quantitative estimate of drug-likeness (QED) is 0.886. The number of hydrogen-bond acceptors (Lipinski definition) is 2. The molecule has 0 saturated heterocycles. The molecule has 0 aliphatic heterocycles. The second-order valence-electron chi connectivity index (χ2n) is 4.09. The summed E-state index contributed by atoms with van der Waals surface area (Å²) in [4.78, 5) is 4.33. The van der Waals surface area contributed by atoms with Crippen LogP contribution in [0.4, 0.5) is 5.95 Å². The van der Waals surface area contributed by atoms with E-state index in [1.807, 2.05) is 22.8 Å². The molecule has 86 valence electrons. The Morgan fingerprint density at radius 2 is 2.25 bits per heavy atom. The van der Waals surface area contributed by atoms with E-state index in [9.17, 15) is 0 Å². The summed E-state index contributed by atoms with van der Waals surface area (Å²) in [6.45, 7) is 4.30. The molecular formula is C12H16ClN3. The Labute approximate surface area is 100 Å². The van der Waals surface area contributed by atoms with Gasteiger partial charge in [-0.2, -0.15) is 0 Å². The minimum Gasteiger partial charge on any atom is -0.369 e. The maximum Gasteiger partial charge on any atom is 0.201 e. The summed E-state index contributed by atoms with van der Waals surface area (Å²) >= 11 is 6.20. The summed E-state index contributed by atoms with van der Waals surface area (Å²) in [5.41, 5.74) is 7.76. The van der Waals surface area contributed by atoms with Gasteiger partial charge in [-0.3, -0.25) is 0 Å². The molecule has 0 fully saturated rings. The first-order valence-corrected chi connectivity index (χ1v) is 5.94. The predicted molar refractivity (Wildman–Crippen MR) is 68.8 cm³/mol. The van der Waals surface area contributed by atoms with E-state index in [1.165, 1.54) is 0 Å². The Hall–Kier alpha value is -1.22. The lowest BCUT2D eigenvalue weighted by atomic mass is 10.2. The minimum absolute atomic E-state index is 0.329. The zero-order chi connectivity index (χ0) is 11.7. The third-order valence-electron chi connectivity index (χ3n) is 2.84. The van der Waals surface area contributed by atoms with E-state index in [0.29, 0.717) is 17.0 Å². The van der Waals surface area contributed by atoms with Crippen molar-refractivity contribution in [1.29, 1.82) is 0 Å². The fraction of sp³-hybridized carbons (Fsp3) is 0.417. The number of imidazole rings is 1. The van der Waals surface area contributed by atoms with Crippen molar-refractivity contribution in [3.05, 3.63) is 23.2 Å². The Morgan fingerprint density at radius 1 is 1.50 bits per heavy atom. The highest BCUT2D eigenvalue weighted by Crippen LogP contribution is 2.30. The number of hydrogen-bond donors (Lipinski definition) is 1. The molecule has 0 spiro atoms. The highest BCUT2D eigenvalue weighted by atomic mass is 35.5. The Kier molecular flexibility index (Phi) is 3.06. The number of anilines is 1. The lowest BCUT2D eigenvalue weighted by Gasteiger charge is -2.15. The number of halogens is 1. The molecule has 16 heavy (non-hydrogen) atoms. The van der Waals surface area contributed by atoms with Crippen LogP contribution in [-0.2, 0) is 0 Å². The third kappa shape index (κ3) is 1.76. The van der Waals surface area contributed by atoms with Crippen molar-refractivity contribution in [3.8, 4) is 0 Å². The molecule has 0 bridgehead atoms. The number of benzene rings is 1. The average molecular weight is 238 g/mol. The number of fused-ring (bicyclic) bond motifs is 1. The molecule has 1 aromatic heterocycles. The van der Waals surface area contributed by atoms with Crippen LogP contribution in [0, 0.1) is 0 Å². The van der Waals surface area contributed by atoms with Gasteiger partial charge in [-0.05, 0) is 25.5 Å². The standard InChI is InChI=1S/C12H16ClN3/c1-3-5-8(2)16-11-9(13)6-4-7-10(11)15-12(16)14/h4,6-8H,3,5H2,1-2H3,(H2,14,15). The zero-order valence-corrected chi connectivity index (χ0v) is 10.3. The van der Waals surface area contributed by atoms with Gasteiger partial charge >= 0.3 is 0 Å². The highest BCUT2D eigenvalue weighted by molar-refractivity contribution is 6.35. The molecule has 0 aliphatic rings.